The number of rotatable bonds is 5. The lowest BCUT2D eigenvalue weighted by Crippen LogP contribution is -2.17. The lowest BCUT2D eigenvalue weighted by Gasteiger charge is -2.09. The molecule has 0 spiro atoms. The SMILES string of the molecule is COc1ccc(NS(=O)(=O)c2ccc3[nH]cc(C(=O)O)c(=O)c3c2)cc1. The van der Waals surface area contributed by atoms with E-state index in [9.17, 15) is 18.0 Å². The summed E-state index contributed by atoms with van der Waals surface area (Å²) in [5, 5.41) is 9.01. The second-order valence-electron chi connectivity index (χ2n) is 5.38. The van der Waals surface area contributed by atoms with E-state index in [2.05, 4.69) is 9.71 Å². The number of fused-ring (bicyclic) bond motifs is 1. The largest absolute Gasteiger partial charge is 0.497 e. The molecule has 1 aromatic heterocycles. The summed E-state index contributed by atoms with van der Waals surface area (Å²) in [6, 6.07) is 10.1. The molecule has 26 heavy (non-hydrogen) atoms. The molecule has 0 aliphatic carbocycles. The van der Waals surface area contributed by atoms with Crippen LogP contribution in [0.2, 0.25) is 0 Å². The number of aromatic amines is 1. The molecule has 3 rings (SSSR count). The van der Waals surface area contributed by atoms with Crippen LogP contribution in [0.3, 0.4) is 0 Å². The molecule has 134 valence electrons. The molecular weight excluding hydrogens is 360 g/mol. The molecule has 0 amide bonds. The van der Waals surface area contributed by atoms with Gasteiger partial charge in [-0.05, 0) is 42.5 Å². The van der Waals surface area contributed by atoms with E-state index in [-0.39, 0.29) is 10.3 Å². The van der Waals surface area contributed by atoms with Gasteiger partial charge in [0, 0.05) is 22.8 Å². The number of aromatic carboxylic acids is 1. The van der Waals surface area contributed by atoms with Crippen LogP contribution in [0.25, 0.3) is 10.9 Å². The van der Waals surface area contributed by atoms with Gasteiger partial charge in [-0.15, -0.1) is 0 Å². The highest BCUT2D eigenvalue weighted by Crippen LogP contribution is 2.21. The van der Waals surface area contributed by atoms with Crippen LogP contribution in [0.1, 0.15) is 10.4 Å². The molecule has 0 radical (unpaired) electrons. The van der Waals surface area contributed by atoms with Gasteiger partial charge in [-0.3, -0.25) is 9.52 Å². The maximum Gasteiger partial charge on any atom is 0.341 e. The number of pyridine rings is 1. The van der Waals surface area contributed by atoms with Crippen LogP contribution in [0.4, 0.5) is 5.69 Å². The molecule has 0 atom stereocenters. The van der Waals surface area contributed by atoms with Crippen LogP contribution in [-0.4, -0.2) is 31.6 Å². The van der Waals surface area contributed by atoms with Gasteiger partial charge in [-0.2, -0.15) is 0 Å². The van der Waals surface area contributed by atoms with E-state index >= 15 is 0 Å². The third-order valence-electron chi connectivity index (χ3n) is 3.74. The van der Waals surface area contributed by atoms with Gasteiger partial charge < -0.3 is 14.8 Å². The summed E-state index contributed by atoms with van der Waals surface area (Å²) >= 11 is 0. The van der Waals surface area contributed by atoms with Crippen LogP contribution in [0.15, 0.2) is 58.4 Å². The molecule has 0 aliphatic heterocycles. The zero-order chi connectivity index (χ0) is 18.9. The van der Waals surface area contributed by atoms with Crippen molar-refractivity contribution in [2.75, 3.05) is 11.8 Å². The van der Waals surface area contributed by atoms with Gasteiger partial charge in [0.25, 0.3) is 10.0 Å². The normalized spacial score (nSPS) is 11.3. The Bertz CT molecular complexity index is 1150. The third kappa shape index (κ3) is 3.24. The Kier molecular flexibility index (Phi) is 4.39. The van der Waals surface area contributed by atoms with Gasteiger partial charge >= 0.3 is 5.97 Å². The summed E-state index contributed by atoms with van der Waals surface area (Å²) in [7, 11) is -2.47. The van der Waals surface area contributed by atoms with Crippen LogP contribution >= 0.6 is 0 Å². The van der Waals surface area contributed by atoms with E-state index in [0.717, 1.165) is 12.3 Å². The molecule has 9 heteroatoms. The predicted molar refractivity (Wildman–Crippen MR) is 95.3 cm³/mol. The number of carboxylic acid groups (broad SMARTS) is 1. The first-order valence-electron chi connectivity index (χ1n) is 7.37. The quantitative estimate of drug-likeness (QED) is 0.627. The summed E-state index contributed by atoms with van der Waals surface area (Å²) in [6.45, 7) is 0. The number of aromatic nitrogens is 1. The molecule has 0 fully saturated rings. The van der Waals surface area contributed by atoms with Crippen molar-refractivity contribution in [3.05, 3.63) is 64.4 Å². The van der Waals surface area contributed by atoms with E-state index < -0.39 is 27.0 Å². The van der Waals surface area contributed by atoms with Crippen molar-refractivity contribution in [3.8, 4) is 5.75 Å². The van der Waals surface area contributed by atoms with Gasteiger partial charge in [0.2, 0.25) is 5.43 Å². The molecule has 2 aromatic carbocycles. The first-order chi connectivity index (χ1) is 12.3. The summed E-state index contributed by atoms with van der Waals surface area (Å²) < 4.78 is 32.5. The van der Waals surface area contributed by atoms with Crippen LogP contribution < -0.4 is 14.9 Å². The van der Waals surface area contributed by atoms with Crippen molar-refractivity contribution in [2.24, 2.45) is 0 Å². The number of H-pyrrole nitrogens is 1. The minimum atomic E-state index is -3.97. The summed E-state index contributed by atoms with van der Waals surface area (Å²) in [4.78, 5) is 25.8. The number of methoxy groups -OCH3 is 1. The Hall–Kier alpha value is -3.33. The van der Waals surface area contributed by atoms with Gasteiger partial charge in [0.05, 0.1) is 12.0 Å². The minimum absolute atomic E-state index is 0.0255. The fourth-order valence-electron chi connectivity index (χ4n) is 2.40. The summed E-state index contributed by atoms with van der Waals surface area (Å²) in [5.74, 6) is -0.816. The highest BCUT2D eigenvalue weighted by Gasteiger charge is 2.18. The van der Waals surface area contributed by atoms with Gasteiger partial charge in [0.1, 0.15) is 11.3 Å². The van der Waals surface area contributed by atoms with Crippen molar-refractivity contribution in [1.82, 2.24) is 4.98 Å². The summed E-state index contributed by atoms with van der Waals surface area (Å²) in [5.41, 5.74) is -0.564. The average Bonchev–Trinajstić information content (AvgIpc) is 2.62. The van der Waals surface area contributed by atoms with Crippen molar-refractivity contribution in [2.45, 2.75) is 4.90 Å². The fraction of sp³-hybridized carbons (Fsp3) is 0.0588. The van der Waals surface area contributed by atoms with Crippen LogP contribution in [-0.2, 0) is 10.0 Å². The zero-order valence-corrected chi connectivity index (χ0v) is 14.3. The minimum Gasteiger partial charge on any atom is -0.497 e. The van der Waals surface area contributed by atoms with Crippen LogP contribution in [0, 0.1) is 0 Å². The van der Waals surface area contributed by atoms with E-state index in [4.69, 9.17) is 9.84 Å². The standard InChI is InChI=1S/C17H14N2O6S/c1-25-11-4-2-10(3-5-11)19-26(23,24)12-6-7-15-13(8-12)16(20)14(9-18-15)17(21)22/h2-9,19H,1H3,(H,18,20)(H,21,22). The second kappa shape index (κ2) is 6.52. The van der Waals surface area contributed by atoms with E-state index in [0.29, 0.717) is 17.0 Å². The Morgan fingerprint density at radius 3 is 2.46 bits per heavy atom. The Morgan fingerprint density at radius 1 is 1.15 bits per heavy atom. The molecule has 0 unspecified atom stereocenters. The molecule has 0 saturated carbocycles. The van der Waals surface area contributed by atoms with E-state index in [1.165, 1.54) is 31.4 Å². The average molecular weight is 374 g/mol. The van der Waals surface area contributed by atoms with Crippen molar-refractivity contribution in [3.63, 3.8) is 0 Å². The van der Waals surface area contributed by atoms with Crippen molar-refractivity contribution >= 4 is 32.6 Å². The van der Waals surface area contributed by atoms with Gasteiger partial charge in [-0.25, -0.2) is 13.2 Å². The molecule has 3 N–H and O–H groups in total. The molecule has 0 saturated heterocycles. The number of ether oxygens (including phenoxy) is 1. The van der Waals surface area contributed by atoms with E-state index in [1.54, 1.807) is 12.1 Å². The maximum absolute atomic E-state index is 12.6. The van der Waals surface area contributed by atoms with E-state index in [1.807, 2.05) is 0 Å². The fourth-order valence-corrected chi connectivity index (χ4v) is 3.48. The maximum atomic E-state index is 12.6. The Balaban J connectivity index is 2.03. The lowest BCUT2D eigenvalue weighted by molar-refractivity contribution is 0.0695. The smallest absolute Gasteiger partial charge is 0.341 e. The highest BCUT2D eigenvalue weighted by atomic mass is 32.2. The summed E-state index contributed by atoms with van der Waals surface area (Å²) in [6.07, 6.45) is 1.08. The number of benzene rings is 2. The number of carboxylic acids is 1. The lowest BCUT2D eigenvalue weighted by atomic mass is 10.1. The first-order valence-corrected chi connectivity index (χ1v) is 8.86. The topological polar surface area (TPSA) is 126 Å². The predicted octanol–water partition coefficient (Wildman–Crippen LogP) is 2.04. The molecular formula is C17H14N2O6S. The van der Waals surface area contributed by atoms with Gasteiger partial charge in [0.15, 0.2) is 0 Å². The monoisotopic (exact) mass is 374 g/mol. The van der Waals surface area contributed by atoms with Gasteiger partial charge in [-0.1, -0.05) is 0 Å². The molecule has 8 nitrogen and oxygen atoms in total. The number of anilines is 1. The number of carbonyl (C=O) groups is 1. The second-order valence-corrected chi connectivity index (χ2v) is 7.06. The van der Waals surface area contributed by atoms with Crippen molar-refractivity contribution in [1.29, 1.82) is 0 Å². The number of sulfonamides is 1. The first kappa shape index (κ1) is 17.5. The van der Waals surface area contributed by atoms with Crippen LogP contribution in [0.5, 0.6) is 5.75 Å². The highest BCUT2D eigenvalue weighted by molar-refractivity contribution is 7.92. The third-order valence-corrected chi connectivity index (χ3v) is 5.11. The zero-order valence-electron chi connectivity index (χ0n) is 13.5. The Labute approximate surface area is 148 Å². The number of hydrogen-bond acceptors (Lipinski definition) is 5. The molecule has 0 bridgehead atoms. The molecule has 0 aliphatic rings. The number of nitrogens with one attached hydrogen (secondary N) is 2. The van der Waals surface area contributed by atoms with Crippen molar-refractivity contribution < 1.29 is 23.1 Å². The molecule has 1 heterocycles. The number of hydrogen-bond donors (Lipinski definition) is 3. The molecule has 3 aromatic rings. The Morgan fingerprint density at radius 2 is 1.85 bits per heavy atom.